The maximum Gasteiger partial charge on any atom is 0.407 e. The van der Waals surface area contributed by atoms with Gasteiger partial charge in [0.1, 0.15) is 6.61 Å². The van der Waals surface area contributed by atoms with Crippen molar-refractivity contribution in [2.75, 3.05) is 6.61 Å². The van der Waals surface area contributed by atoms with Crippen LogP contribution < -0.4 is 5.32 Å². The molecule has 0 spiro atoms. The number of rotatable bonds is 9. The number of nitrogens with one attached hydrogen (secondary N) is 1. The number of carbonyl (C=O) groups excluding carboxylic acids is 2. The first-order chi connectivity index (χ1) is 15.7. The molecule has 0 heterocycles. The summed E-state index contributed by atoms with van der Waals surface area (Å²) in [5, 5.41) is 2.84. The molecule has 3 aromatic rings. The van der Waals surface area contributed by atoms with Gasteiger partial charge in [0.15, 0.2) is 5.78 Å². The first-order valence-electron chi connectivity index (χ1n) is 11.4. The first-order valence-corrected chi connectivity index (χ1v) is 11.4. The SMILES string of the molecule is CCCCC(=O)[C@H](Cc1ccccc1)NC(=O)OCC1c2ccccc2-c2ccccc21. The Bertz CT molecular complexity index is 1030. The van der Waals surface area contributed by atoms with Gasteiger partial charge in [-0.2, -0.15) is 0 Å². The van der Waals surface area contributed by atoms with Crippen molar-refractivity contribution in [3.05, 3.63) is 95.6 Å². The van der Waals surface area contributed by atoms with Gasteiger partial charge in [0.25, 0.3) is 0 Å². The summed E-state index contributed by atoms with van der Waals surface area (Å²) in [7, 11) is 0. The second-order valence-electron chi connectivity index (χ2n) is 8.28. The van der Waals surface area contributed by atoms with Crippen LogP contribution in [0.4, 0.5) is 4.79 Å². The van der Waals surface area contributed by atoms with Crippen LogP contribution in [0.25, 0.3) is 11.1 Å². The van der Waals surface area contributed by atoms with Gasteiger partial charge in [0.2, 0.25) is 0 Å². The molecule has 1 aliphatic rings. The third-order valence-corrected chi connectivity index (χ3v) is 6.08. The minimum absolute atomic E-state index is 0.00323. The highest BCUT2D eigenvalue weighted by Gasteiger charge is 2.29. The molecular formula is C28H29NO3. The van der Waals surface area contributed by atoms with Crippen LogP contribution in [0.3, 0.4) is 0 Å². The molecule has 0 unspecified atom stereocenters. The molecule has 4 heteroatoms. The normalized spacial score (nSPS) is 13.2. The van der Waals surface area contributed by atoms with Crippen LogP contribution in [0.1, 0.15) is 48.8 Å². The maximum absolute atomic E-state index is 12.8. The molecule has 1 amide bonds. The Morgan fingerprint density at radius 1 is 0.875 bits per heavy atom. The average molecular weight is 428 g/mol. The molecule has 0 saturated heterocycles. The van der Waals surface area contributed by atoms with E-state index in [1.807, 2.05) is 54.6 Å². The van der Waals surface area contributed by atoms with Crippen LogP contribution in [0.2, 0.25) is 0 Å². The number of Topliss-reactive ketones (excluding diaryl/α,β-unsaturated/α-hetero) is 1. The van der Waals surface area contributed by atoms with Crippen molar-refractivity contribution in [3.63, 3.8) is 0 Å². The van der Waals surface area contributed by atoms with E-state index in [-0.39, 0.29) is 18.3 Å². The minimum atomic E-state index is -0.584. The highest BCUT2D eigenvalue weighted by Crippen LogP contribution is 2.44. The van der Waals surface area contributed by atoms with Gasteiger partial charge in [-0.05, 0) is 40.7 Å². The third kappa shape index (κ3) is 4.91. The zero-order valence-corrected chi connectivity index (χ0v) is 18.4. The Morgan fingerprint density at radius 2 is 1.47 bits per heavy atom. The molecule has 0 aliphatic heterocycles. The summed E-state index contributed by atoms with van der Waals surface area (Å²) in [6.07, 6.45) is 2.13. The lowest BCUT2D eigenvalue weighted by molar-refractivity contribution is -0.121. The van der Waals surface area contributed by atoms with Gasteiger partial charge in [0.05, 0.1) is 6.04 Å². The van der Waals surface area contributed by atoms with Gasteiger partial charge in [-0.25, -0.2) is 4.79 Å². The molecule has 0 bridgehead atoms. The number of alkyl carbamates (subject to hydrolysis) is 1. The number of unbranched alkanes of at least 4 members (excludes halogenated alkanes) is 1. The minimum Gasteiger partial charge on any atom is -0.449 e. The van der Waals surface area contributed by atoms with Crippen molar-refractivity contribution in [2.24, 2.45) is 0 Å². The van der Waals surface area contributed by atoms with Gasteiger partial charge in [-0.3, -0.25) is 4.79 Å². The number of fused-ring (bicyclic) bond motifs is 3. The van der Waals surface area contributed by atoms with E-state index in [0.717, 1.165) is 18.4 Å². The summed E-state index contributed by atoms with van der Waals surface area (Å²) in [4.78, 5) is 25.5. The monoisotopic (exact) mass is 427 g/mol. The predicted octanol–water partition coefficient (Wildman–Crippen LogP) is 5.90. The van der Waals surface area contributed by atoms with Crippen molar-refractivity contribution in [3.8, 4) is 11.1 Å². The fraction of sp³-hybridized carbons (Fsp3) is 0.286. The van der Waals surface area contributed by atoms with E-state index in [4.69, 9.17) is 4.74 Å². The molecule has 0 aromatic heterocycles. The number of hydrogen-bond donors (Lipinski definition) is 1. The maximum atomic E-state index is 12.8. The largest absolute Gasteiger partial charge is 0.449 e. The Morgan fingerprint density at radius 3 is 2.09 bits per heavy atom. The fourth-order valence-electron chi connectivity index (χ4n) is 4.40. The van der Waals surface area contributed by atoms with Crippen LogP contribution in [0.5, 0.6) is 0 Å². The molecule has 0 radical (unpaired) electrons. The number of carbonyl (C=O) groups is 2. The van der Waals surface area contributed by atoms with Gasteiger partial charge in [0, 0.05) is 12.3 Å². The summed E-state index contributed by atoms with van der Waals surface area (Å²) >= 11 is 0. The van der Waals surface area contributed by atoms with Crippen molar-refractivity contribution >= 4 is 11.9 Å². The number of ketones is 1. The highest BCUT2D eigenvalue weighted by molar-refractivity contribution is 5.87. The van der Waals surface area contributed by atoms with Crippen molar-refractivity contribution in [1.82, 2.24) is 5.32 Å². The zero-order valence-electron chi connectivity index (χ0n) is 18.4. The van der Waals surface area contributed by atoms with E-state index < -0.39 is 12.1 Å². The molecule has 1 aliphatic carbocycles. The Labute approximate surface area is 189 Å². The van der Waals surface area contributed by atoms with Crippen molar-refractivity contribution < 1.29 is 14.3 Å². The Balaban J connectivity index is 1.44. The van der Waals surface area contributed by atoms with E-state index >= 15 is 0 Å². The van der Waals surface area contributed by atoms with Crippen molar-refractivity contribution in [1.29, 1.82) is 0 Å². The lowest BCUT2D eigenvalue weighted by Crippen LogP contribution is -2.43. The summed E-state index contributed by atoms with van der Waals surface area (Å²) in [6.45, 7) is 2.29. The molecule has 32 heavy (non-hydrogen) atoms. The number of hydrogen-bond acceptors (Lipinski definition) is 3. The second kappa shape index (κ2) is 10.3. The summed E-state index contributed by atoms with van der Waals surface area (Å²) in [6, 6.07) is 25.7. The van der Waals surface area contributed by atoms with Gasteiger partial charge >= 0.3 is 6.09 Å². The molecule has 0 fully saturated rings. The standard InChI is InChI=1S/C28H29NO3/c1-2-3-17-27(30)26(18-20-11-5-4-6-12-20)29-28(31)32-19-25-23-15-9-7-13-21(23)22-14-8-10-16-24(22)25/h4-16,25-26H,2-3,17-19H2,1H3,(H,29,31)/t26-/m0/s1. The first kappa shape index (κ1) is 21.8. The lowest BCUT2D eigenvalue weighted by Gasteiger charge is -2.19. The topological polar surface area (TPSA) is 55.4 Å². The third-order valence-electron chi connectivity index (χ3n) is 6.08. The predicted molar refractivity (Wildman–Crippen MR) is 127 cm³/mol. The van der Waals surface area contributed by atoms with Gasteiger partial charge in [-0.15, -0.1) is 0 Å². The van der Waals surface area contributed by atoms with E-state index in [0.29, 0.717) is 12.8 Å². The molecule has 3 aromatic carbocycles. The summed E-state index contributed by atoms with van der Waals surface area (Å²) in [5.74, 6) is 0.0423. The van der Waals surface area contributed by atoms with E-state index in [1.165, 1.54) is 22.3 Å². The highest BCUT2D eigenvalue weighted by atomic mass is 16.5. The number of amides is 1. The molecule has 1 N–H and O–H groups in total. The van der Waals surface area contributed by atoms with Crippen LogP contribution in [-0.4, -0.2) is 24.5 Å². The quantitative estimate of drug-likeness (QED) is 0.463. The van der Waals surface area contributed by atoms with E-state index in [2.05, 4.69) is 36.5 Å². The zero-order chi connectivity index (χ0) is 22.3. The molecule has 1 atom stereocenters. The fourth-order valence-corrected chi connectivity index (χ4v) is 4.40. The molecule has 164 valence electrons. The summed E-state index contributed by atoms with van der Waals surface area (Å²) in [5.41, 5.74) is 5.73. The smallest absolute Gasteiger partial charge is 0.407 e. The number of ether oxygens (including phenoxy) is 1. The van der Waals surface area contributed by atoms with Crippen molar-refractivity contribution in [2.45, 2.75) is 44.6 Å². The molecular weight excluding hydrogens is 398 g/mol. The average Bonchev–Trinajstić information content (AvgIpc) is 3.15. The Kier molecular flexibility index (Phi) is 7.00. The van der Waals surface area contributed by atoms with Gasteiger partial charge in [-0.1, -0.05) is 92.2 Å². The van der Waals surface area contributed by atoms with E-state index in [9.17, 15) is 9.59 Å². The van der Waals surface area contributed by atoms with Gasteiger partial charge < -0.3 is 10.1 Å². The second-order valence-corrected chi connectivity index (χ2v) is 8.28. The van der Waals surface area contributed by atoms with Crippen LogP contribution in [0.15, 0.2) is 78.9 Å². The molecule has 4 nitrogen and oxygen atoms in total. The number of benzene rings is 3. The van der Waals surface area contributed by atoms with E-state index in [1.54, 1.807) is 0 Å². The summed E-state index contributed by atoms with van der Waals surface area (Å²) < 4.78 is 5.66. The molecule has 0 saturated carbocycles. The molecule has 4 rings (SSSR count). The van der Waals surface area contributed by atoms with Crippen LogP contribution in [-0.2, 0) is 16.0 Å². The lowest BCUT2D eigenvalue weighted by atomic mass is 9.98. The van der Waals surface area contributed by atoms with Crippen LogP contribution >= 0.6 is 0 Å². The Hall–Kier alpha value is -3.40. The van der Waals surface area contributed by atoms with Crippen LogP contribution in [0, 0.1) is 0 Å².